The summed E-state index contributed by atoms with van der Waals surface area (Å²) in [4.78, 5) is 26.2. The number of nitrogens with zero attached hydrogens (tertiary/aromatic N) is 1. The van der Waals surface area contributed by atoms with E-state index in [2.05, 4.69) is 11.4 Å². The monoisotopic (exact) mass is 402 g/mol. The highest BCUT2D eigenvalue weighted by molar-refractivity contribution is 5.91. The van der Waals surface area contributed by atoms with Gasteiger partial charge in [-0.3, -0.25) is 4.79 Å². The predicted octanol–water partition coefficient (Wildman–Crippen LogP) is 3.76. The molecule has 3 rings (SSSR count). The lowest BCUT2D eigenvalue weighted by molar-refractivity contribution is -0.120. The highest BCUT2D eigenvalue weighted by atomic mass is 16.6. The molecule has 1 fully saturated rings. The fraction of sp³-hybridized carbons (Fsp3) is 0.545. The Morgan fingerprint density at radius 3 is 2.55 bits per heavy atom. The van der Waals surface area contributed by atoms with E-state index < -0.39 is 5.60 Å². The summed E-state index contributed by atoms with van der Waals surface area (Å²) in [6, 6.07) is 0. The van der Waals surface area contributed by atoms with E-state index in [9.17, 15) is 9.59 Å². The van der Waals surface area contributed by atoms with Crippen LogP contribution >= 0.6 is 0 Å². The molecule has 0 unspecified atom stereocenters. The van der Waals surface area contributed by atoms with Gasteiger partial charge in [-0.2, -0.15) is 0 Å². The van der Waals surface area contributed by atoms with Crippen molar-refractivity contribution in [3.05, 3.63) is 47.8 Å². The standard InChI is InChI=1S/C22H30N2O5/c1-22(2,3)29-21(26)24-11-9-16(10-12-24)13-23-20(25)19-15-27-18(14-28-19)17-7-5-4-6-8-17/h4-5,7,14-16H,6,8-13H2,1-3H3,(H,23,25). The van der Waals surface area contributed by atoms with Gasteiger partial charge >= 0.3 is 6.09 Å². The van der Waals surface area contributed by atoms with Crippen molar-refractivity contribution in [1.82, 2.24) is 10.2 Å². The topological polar surface area (TPSA) is 77.1 Å². The van der Waals surface area contributed by atoms with Crippen molar-refractivity contribution in [3.8, 4) is 0 Å². The molecular formula is C22H30N2O5. The number of nitrogens with one attached hydrogen (secondary N) is 1. The lowest BCUT2D eigenvalue weighted by atomic mass is 9.97. The van der Waals surface area contributed by atoms with E-state index in [1.54, 1.807) is 4.90 Å². The van der Waals surface area contributed by atoms with Crippen molar-refractivity contribution in [2.24, 2.45) is 5.92 Å². The molecule has 0 bridgehead atoms. The van der Waals surface area contributed by atoms with E-state index in [-0.39, 0.29) is 17.8 Å². The fourth-order valence-electron chi connectivity index (χ4n) is 3.33. The minimum absolute atomic E-state index is 0.145. The predicted molar refractivity (Wildman–Crippen MR) is 108 cm³/mol. The van der Waals surface area contributed by atoms with Gasteiger partial charge in [0.1, 0.15) is 18.1 Å². The number of carbonyl (C=O) groups excluding carboxylic acids is 2. The van der Waals surface area contributed by atoms with Crippen LogP contribution in [0.1, 0.15) is 46.5 Å². The van der Waals surface area contributed by atoms with Gasteiger partial charge in [0.25, 0.3) is 5.91 Å². The smallest absolute Gasteiger partial charge is 0.410 e. The molecule has 1 saturated heterocycles. The van der Waals surface area contributed by atoms with Gasteiger partial charge in [0.05, 0.1) is 0 Å². The van der Waals surface area contributed by atoms with Crippen molar-refractivity contribution >= 4 is 12.0 Å². The molecule has 2 amide bonds. The van der Waals surface area contributed by atoms with Crippen molar-refractivity contribution in [3.63, 3.8) is 0 Å². The number of amides is 2. The third-order valence-corrected chi connectivity index (χ3v) is 4.96. The van der Waals surface area contributed by atoms with Crippen LogP contribution in [0.5, 0.6) is 0 Å². The lowest BCUT2D eigenvalue weighted by Crippen LogP contribution is -2.43. The molecule has 2 aliphatic heterocycles. The molecule has 0 aromatic carbocycles. The normalized spacial score (nSPS) is 20.0. The van der Waals surface area contributed by atoms with Crippen molar-refractivity contribution < 1.29 is 23.8 Å². The van der Waals surface area contributed by atoms with Crippen LogP contribution in [0.25, 0.3) is 0 Å². The number of allylic oxidation sites excluding steroid dienone is 4. The Labute approximate surface area is 172 Å². The van der Waals surface area contributed by atoms with Crippen molar-refractivity contribution in [2.45, 2.75) is 52.1 Å². The van der Waals surface area contributed by atoms with Crippen LogP contribution in [0.3, 0.4) is 0 Å². The van der Waals surface area contributed by atoms with Gasteiger partial charge in [0.2, 0.25) is 5.76 Å². The molecule has 158 valence electrons. The first kappa shape index (κ1) is 21.0. The van der Waals surface area contributed by atoms with Crippen LogP contribution in [0.2, 0.25) is 0 Å². The highest BCUT2D eigenvalue weighted by Gasteiger charge is 2.27. The van der Waals surface area contributed by atoms with Crippen LogP contribution in [0.15, 0.2) is 47.8 Å². The summed E-state index contributed by atoms with van der Waals surface area (Å²) in [5.74, 6) is 0.799. The molecule has 0 saturated carbocycles. The summed E-state index contributed by atoms with van der Waals surface area (Å²) in [7, 11) is 0. The quantitative estimate of drug-likeness (QED) is 0.775. The maximum absolute atomic E-state index is 12.3. The van der Waals surface area contributed by atoms with E-state index >= 15 is 0 Å². The average molecular weight is 402 g/mol. The maximum atomic E-state index is 12.3. The van der Waals surface area contributed by atoms with Crippen molar-refractivity contribution in [1.29, 1.82) is 0 Å². The first-order valence-electron chi connectivity index (χ1n) is 10.2. The van der Waals surface area contributed by atoms with E-state index in [4.69, 9.17) is 14.2 Å². The number of piperidine rings is 1. The molecular weight excluding hydrogens is 372 g/mol. The molecule has 0 radical (unpaired) electrons. The molecule has 0 atom stereocenters. The Kier molecular flexibility index (Phi) is 6.67. The van der Waals surface area contributed by atoms with E-state index in [0.29, 0.717) is 31.3 Å². The Hall–Kier alpha value is -2.70. The molecule has 7 nitrogen and oxygen atoms in total. The van der Waals surface area contributed by atoms with E-state index in [0.717, 1.165) is 31.3 Å². The molecule has 2 heterocycles. The van der Waals surface area contributed by atoms with Gasteiger partial charge in [0, 0.05) is 19.6 Å². The van der Waals surface area contributed by atoms with Gasteiger partial charge in [-0.15, -0.1) is 0 Å². The highest BCUT2D eigenvalue weighted by Crippen LogP contribution is 2.25. The molecule has 0 aromatic rings. The summed E-state index contributed by atoms with van der Waals surface area (Å²) < 4.78 is 16.5. The second-order valence-electron chi connectivity index (χ2n) is 8.48. The number of ether oxygens (including phenoxy) is 3. The number of rotatable bonds is 4. The minimum Gasteiger partial charge on any atom is -0.457 e. The molecule has 0 spiro atoms. The van der Waals surface area contributed by atoms with Crippen LogP contribution in [-0.4, -0.2) is 42.1 Å². The van der Waals surface area contributed by atoms with Gasteiger partial charge in [-0.1, -0.05) is 18.2 Å². The average Bonchev–Trinajstić information content (AvgIpc) is 2.72. The summed E-state index contributed by atoms with van der Waals surface area (Å²) in [6.45, 7) is 7.38. The van der Waals surface area contributed by atoms with Gasteiger partial charge in [0.15, 0.2) is 5.76 Å². The lowest BCUT2D eigenvalue weighted by Gasteiger charge is -2.33. The number of likely N-dealkylation sites (tertiary alicyclic amines) is 1. The van der Waals surface area contributed by atoms with Crippen LogP contribution in [-0.2, 0) is 19.0 Å². The molecule has 3 aliphatic rings. The zero-order valence-electron chi connectivity index (χ0n) is 17.4. The van der Waals surface area contributed by atoms with Crippen LogP contribution in [0.4, 0.5) is 4.79 Å². The summed E-state index contributed by atoms with van der Waals surface area (Å²) >= 11 is 0. The zero-order chi connectivity index (χ0) is 20.9. The molecule has 7 heteroatoms. The Morgan fingerprint density at radius 1 is 1.21 bits per heavy atom. The third-order valence-electron chi connectivity index (χ3n) is 4.96. The maximum Gasteiger partial charge on any atom is 0.410 e. The number of hydrogen-bond acceptors (Lipinski definition) is 5. The second-order valence-corrected chi connectivity index (χ2v) is 8.48. The first-order chi connectivity index (χ1) is 13.8. The Balaban J connectivity index is 1.39. The van der Waals surface area contributed by atoms with Crippen LogP contribution < -0.4 is 5.32 Å². The fourth-order valence-corrected chi connectivity index (χ4v) is 3.33. The van der Waals surface area contributed by atoms with Gasteiger partial charge in [-0.05, 0) is 57.9 Å². The Morgan fingerprint density at radius 2 is 1.97 bits per heavy atom. The van der Waals surface area contributed by atoms with Crippen LogP contribution in [0, 0.1) is 5.92 Å². The molecule has 1 N–H and O–H groups in total. The molecule has 29 heavy (non-hydrogen) atoms. The molecule has 0 aromatic heterocycles. The SMILES string of the molecule is CC(C)(C)OC(=O)N1CCC(CNC(=O)C2=COC(C3=CC=CCC3)=CO2)CC1. The van der Waals surface area contributed by atoms with E-state index in [1.807, 2.05) is 32.9 Å². The molecule has 1 aliphatic carbocycles. The third kappa shape index (κ3) is 6.14. The Bertz CT molecular complexity index is 750. The summed E-state index contributed by atoms with van der Waals surface area (Å²) in [5, 5.41) is 2.90. The zero-order valence-corrected chi connectivity index (χ0v) is 17.4. The summed E-state index contributed by atoms with van der Waals surface area (Å²) in [5.41, 5.74) is 0.566. The van der Waals surface area contributed by atoms with Gasteiger partial charge in [-0.25, -0.2) is 4.79 Å². The van der Waals surface area contributed by atoms with Crippen molar-refractivity contribution in [2.75, 3.05) is 19.6 Å². The number of hydrogen-bond donors (Lipinski definition) is 1. The minimum atomic E-state index is -0.490. The first-order valence-corrected chi connectivity index (χ1v) is 10.2. The largest absolute Gasteiger partial charge is 0.457 e. The number of carbonyl (C=O) groups is 2. The van der Waals surface area contributed by atoms with E-state index in [1.165, 1.54) is 12.5 Å². The second kappa shape index (κ2) is 9.20. The summed E-state index contributed by atoms with van der Waals surface area (Å²) in [6.07, 6.45) is 12.1. The van der Waals surface area contributed by atoms with Gasteiger partial charge < -0.3 is 24.4 Å².